The molecular formula is C21H20ClN5O2. The smallest absolute Gasteiger partial charge is 0.261 e. The molecule has 0 aliphatic carbocycles. The zero-order valence-electron chi connectivity index (χ0n) is 16.0. The molecule has 7 nitrogen and oxygen atoms in total. The number of aromatic nitrogens is 4. The molecule has 8 heteroatoms. The van der Waals surface area contributed by atoms with Crippen LogP contribution in [-0.2, 0) is 13.6 Å². The van der Waals surface area contributed by atoms with E-state index in [9.17, 15) is 9.59 Å². The van der Waals surface area contributed by atoms with Crippen LogP contribution >= 0.6 is 11.6 Å². The molecule has 0 aromatic carbocycles. The molecular weight excluding hydrogens is 390 g/mol. The third-order valence-electron chi connectivity index (χ3n) is 5.96. The van der Waals surface area contributed by atoms with Crippen LogP contribution in [0.3, 0.4) is 0 Å². The second kappa shape index (κ2) is 6.84. The lowest BCUT2D eigenvalue weighted by Gasteiger charge is -2.43. The Hall–Kier alpha value is -2.93. The Labute approximate surface area is 172 Å². The maximum absolute atomic E-state index is 13.2. The molecule has 2 aliphatic rings. The molecule has 2 bridgehead atoms. The van der Waals surface area contributed by atoms with E-state index in [-0.39, 0.29) is 23.3 Å². The van der Waals surface area contributed by atoms with Crippen LogP contribution in [0, 0.1) is 5.92 Å². The summed E-state index contributed by atoms with van der Waals surface area (Å²) in [6.07, 6.45) is 7.59. The highest BCUT2D eigenvalue weighted by atomic mass is 35.5. The number of carbonyl (C=O) groups excluding carboxylic acids is 1. The minimum absolute atomic E-state index is 0.0107. The first-order valence-corrected chi connectivity index (χ1v) is 10.0. The Morgan fingerprint density at radius 2 is 2.03 bits per heavy atom. The van der Waals surface area contributed by atoms with Gasteiger partial charge in [0, 0.05) is 63.1 Å². The summed E-state index contributed by atoms with van der Waals surface area (Å²) in [6, 6.07) is 5.53. The topological polar surface area (TPSA) is 73.0 Å². The maximum atomic E-state index is 13.2. The van der Waals surface area contributed by atoms with Gasteiger partial charge in [-0.05, 0) is 30.5 Å². The lowest BCUT2D eigenvalue weighted by molar-refractivity contribution is 0.0594. The van der Waals surface area contributed by atoms with E-state index >= 15 is 0 Å². The van der Waals surface area contributed by atoms with Gasteiger partial charge in [0.15, 0.2) is 0 Å². The van der Waals surface area contributed by atoms with Gasteiger partial charge in [-0.1, -0.05) is 11.6 Å². The van der Waals surface area contributed by atoms with Crippen molar-refractivity contribution in [2.45, 2.75) is 18.9 Å². The molecule has 148 valence electrons. The van der Waals surface area contributed by atoms with Crippen molar-refractivity contribution in [3.8, 4) is 11.4 Å². The average molecular weight is 410 g/mol. The fourth-order valence-electron chi connectivity index (χ4n) is 4.63. The summed E-state index contributed by atoms with van der Waals surface area (Å²) in [5.41, 5.74) is 2.06. The van der Waals surface area contributed by atoms with E-state index in [1.54, 1.807) is 18.5 Å². The Morgan fingerprint density at radius 3 is 2.79 bits per heavy atom. The molecule has 5 heterocycles. The minimum atomic E-state index is -0.0764. The monoisotopic (exact) mass is 409 g/mol. The third-order valence-corrected chi connectivity index (χ3v) is 6.26. The van der Waals surface area contributed by atoms with Crippen molar-refractivity contribution in [2.75, 3.05) is 13.1 Å². The van der Waals surface area contributed by atoms with Gasteiger partial charge in [0.2, 0.25) is 0 Å². The van der Waals surface area contributed by atoms with Crippen LogP contribution in [0.4, 0.5) is 0 Å². The van der Waals surface area contributed by atoms with Crippen LogP contribution in [0.1, 0.15) is 28.4 Å². The summed E-state index contributed by atoms with van der Waals surface area (Å²) >= 11 is 6.18. The predicted molar refractivity (Wildman–Crippen MR) is 109 cm³/mol. The van der Waals surface area contributed by atoms with Crippen molar-refractivity contribution in [1.82, 2.24) is 24.0 Å². The number of likely N-dealkylation sites (tertiary alicyclic amines) is 1. The zero-order chi connectivity index (χ0) is 20.1. The second-order valence-corrected chi connectivity index (χ2v) is 8.22. The fourth-order valence-corrected chi connectivity index (χ4v) is 4.83. The van der Waals surface area contributed by atoms with Gasteiger partial charge in [-0.3, -0.25) is 14.6 Å². The number of piperidine rings is 1. The zero-order valence-corrected chi connectivity index (χ0v) is 16.7. The molecule has 3 aromatic heterocycles. The van der Waals surface area contributed by atoms with Crippen molar-refractivity contribution in [1.29, 1.82) is 0 Å². The van der Waals surface area contributed by atoms with Gasteiger partial charge in [-0.25, -0.2) is 4.98 Å². The number of aryl methyl sites for hydroxylation is 1. The van der Waals surface area contributed by atoms with Gasteiger partial charge in [0.25, 0.3) is 11.5 Å². The van der Waals surface area contributed by atoms with Crippen molar-refractivity contribution in [3.63, 3.8) is 0 Å². The summed E-state index contributed by atoms with van der Waals surface area (Å²) in [7, 11) is 1.88. The highest BCUT2D eigenvalue weighted by molar-refractivity contribution is 6.33. The standard InChI is InChI=1S/C21H20ClN5O2/c1-25-7-6-24-19(25)16-2-3-18-14-8-13(11-27(18)21(16)29)10-26(12-14)20(28)15-4-5-23-9-17(15)22/h2-7,9,13-14H,8,10-12H2,1H3/t13-,14+/m0/s1. The van der Waals surface area contributed by atoms with Gasteiger partial charge < -0.3 is 14.0 Å². The van der Waals surface area contributed by atoms with E-state index in [2.05, 4.69) is 9.97 Å². The molecule has 1 amide bonds. The third kappa shape index (κ3) is 2.97. The first kappa shape index (κ1) is 18.1. The van der Waals surface area contributed by atoms with Crippen molar-refractivity contribution in [3.05, 3.63) is 69.6 Å². The number of pyridine rings is 2. The Kier molecular flexibility index (Phi) is 4.28. The van der Waals surface area contributed by atoms with Crippen LogP contribution in [-0.4, -0.2) is 43.0 Å². The number of halogens is 1. The number of hydrogen-bond acceptors (Lipinski definition) is 4. The van der Waals surface area contributed by atoms with E-state index in [0.29, 0.717) is 41.6 Å². The quantitative estimate of drug-likeness (QED) is 0.652. The fraction of sp³-hybridized carbons (Fsp3) is 0.333. The number of imidazole rings is 1. The van der Waals surface area contributed by atoms with Gasteiger partial charge in [0.05, 0.1) is 16.1 Å². The molecule has 1 saturated heterocycles. The maximum Gasteiger partial charge on any atom is 0.261 e. The van der Waals surface area contributed by atoms with Gasteiger partial charge >= 0.3 is 0 Å². The first-order chi connectivity index (χ1) is 14.0. The lowest BCUT2D eigenvalue weighted by Crippen LogP contribution is -2.49. The number of fused-ring (bicyclic) bond motifs is 4. The van der Waals surface area contributed by atoms with Crippen LogP contribution in [0.5, 0.6) is 0 Å². The van der Waals surface area contributed by atoms with Gasteiger partial charge in [0.1, 0.15) is 5.82 Å². The van der Waals surface area contributed by atoms with Crippen LogP contribution in [0.15, 0.2) is 47.8 Å². The van der Waals surface area contributed by atoms with Crippen LogP contribution < -0.4 is 5.56 Å². The molecule has 2 aliphatic heterocycles. The normalized spacial score (nSPS) is 20.4. The van der Waals surface area contributed by atoms with Crippen molar-refractivity contribution in [2.24, 2.45) is 13.0 Å². The SMILES string of the molecule is Cn1ccnc1-c1ccc2n(c1=O)C[C@H]1C[C@@H]2CN(C(=O)c2ccncc2Cl)C1. The van der Waals surface area contributed by atoms with Gasteiger partial charge in [-0.2, -0.15) is 0 Å². The van der Waals surface area contributed by atoms with E-state index in [0.717, 1.165) is 12.1 Å². The summed E-state index contributed by atoms with van der Waals surface area (Å²) in [6.45, 7) is 1.80. The molecule has 1 fully saturated rings. The summed E-state index contributed by atoms with van der Waals surface area (Å²) in [5, 5.41) is 0.365. The van der Waals surface area contributed by atoms with Crippen LogP contribution in [0.2, 0.25) is 5.02 Å². The number of amides is 1. The second-order valence-electron chi connectivity index (χ2n) is 7.81. The highest BCUT2D eigenvalue weighted by Crippen LogP contribution is 2.36. The molecule has 0 spiro atoms. The van der Waals surface area contributed by atoms with Crippen molar-refractivity contribution < 1.29 is 4.79 Å². The highest BCUT2D eigenvalue weighted by Gasteiger charge is 2.37. The van der Waals surface area contributed by atoms with E-state index in [4.69, 9.17) is 11.6 Å². The number of hydrogen-bond donors (Lipinski definition) is 0. The molecule has 0 N–H and O–H groups in total. The number of nitrogens with zero attached hydrogens (tertiary/aromatic N) is 5. The largest absolute Gasteiger partial charge is 0.338 e. The molecule has 5 rings (SSSR count). The summed E-state index contributed by atoms with van der Waals surface area (Å²) < 4.78 is 3.73. The Balaban J connectivity index is 1.48. The summed E-state index contributed by atoms with van der Waals surface area (Å²) in [4.78, 5) is 36.3. The molecule has 2 atom stereocenters. The van der Waals surface area contributed by atoms with E-state index in [1.807, 2.05) is 39.4 Å². The molecule has 0 radical (unpaired) electrons. The molecule has 0 unspecified atom stereocenters. The average Bonchev–Trinajstić information content (AvgIpc) is 3.14. The minimum Gasteiger partial charge on any atom is -0.338 e. The first-order valence-electron chi connectivity index (χ1n) is 9.63. The van der Waals surface area contributed by atoms with Gasteiger partial charge in [-0.15, -0.1) is 0 Å². The summed E-state index contributed by atoms with van der Waals surface area (Å²) in [5.74, 6) is 0.966. The lowest BCUT2D eigenvalue weighted by atomic mass is 9.82. The number of rotatable bonds is 2. The molecule has 0 saturated carbocycles. The molecule has 3 aromatic rings. The Morgan fingerprint density at radius 1 is 1.17 bits per heavy atom. The van der Waals surface area contributed by atoms with Crippen molar-refractivity contribution >= 4 is 17.5 Å². The molecule has 29 heavy (non-hydrogen) atoms. The number of carbonyl (C=O) groups is 1. The van der Waals surface area contributed by atoms with Crippen LogP contribution in [0.25, 0.3) is 11.4 Å². The Bertz CT molecular complexity index is 1170. The predicted octanol–water partition coefficient (Wildman–Crippen LogP) is 2.56. The van der Waals surface area contributed by atoms with E-state index in [1.165, 1.54) is 6.20 Å². The van der Waals surface area contributed by atoms with E-state index < -0.39 is 0 Å².